The van der Waals surface area contributed by atoms with E-state index in [1.807, 2.05) is 0 Å². The summed E-state index contributed by atoms with van der Waals surface area (Å²) in [5, 5.41) is 20.2. The average Bonchev–Trinajstić information content (AvgIpc) is 2.32. The van der Waals surface area contributed by atoms with Crippen molar-refractivity contribution < 1.29 is 19.2 Å². The van der Waals surface area contributed by atoms with Crippen LogP contribution in [0.2, 0.25) is 0 Å². The maximum atomic E-state index is 13.4. The molecule has 18 heavy (non-hydrogen) atoms. The maximum Gasteiger partial charge on any atom is 0.304 e. The Hall–Kier alpha value is -1.53. The third-order valence-corrected chi connectivity index (χ3v) is 3.14. The molecule has 1 saturated heterocycles. The Morgan fingerprint density at radius 2 is 2.33 bits per heavy atom. The van der Waals surface area contributed by atoms with Gasteiger partial charge in [0.15, 0.2) is 0 Å². The molecule has 0 aromatic heterocycles. The molecule has 1 fully saturated rings. The number of hydrogen-bond donors (Lipinski definition) is 1. The minimum Gasteiger partial charge on any atom is -0.393 e. The van der Waals surface area contributed by atoms with Crippen molar-refractivity contribution >= 4 is 5.69 Å². The lowest BCUT2D eigenvalue weighted by molar-refractivity contribution is -0.387. The Balaban J connectivity index is 2.10. The molecule has 1 heterocycles. The normalized spacial score (nSPS) is 23.9. The number of aliphatic hydroxyl groups excluding tert-OH is 1. The molecule has 0 amide bonds. The summed E-state index contributed by atoms with van der Waals surface area (Å²) in [5.74, 6) is -0.927. The van der Waals surface area contributed by atoms with Gasteiger partial charge in [-0.05, 0) is 24.5 Å². The number of nitrogens with zero attached hydrogens (tertiary/aromatic N) is 1. The molecule has 0 bridgehead atoms. The SMILES string of the molecule is O=[N+]([O-])c1ccc(CC2COCCC2O)cc1F. The topological polar surface area (TPSA) is 72.6 Å². The Morgan fingerprint density at radius 3 is 2.94 bits per heavy atom. The molecule has 1 N–H and O–H groups in total. The fourth-order valence-corrected chi connectivity index (χ4v) is 2.11. The summed E-state index contributed by atoms with van der Waals surface area (Å²) in [7, 11) is 0. The fourth-order valence-electron chi connectivity index (χ4n) is 2.11. The molecule has 0 radical (unpaired) electrons. The van der Waals surface area contributed by atoms with Crippen molar-refractivity contribution in [2.75, 3.05) is 13.2 Å². The first-order chi connectivity index (χ1) is 8.58. The van der Waals surface area contributed by atoms with E-state index in [1.165, 1.54) is 6.07 Å². The van der Waals surface area contributed by atoms with Gasteiger partial charge in [-0.15, -0.1) is 0 Å². The number of hydrogen-bond acceptors (Lipinski definition) is 4. The molecule has 6 heteroatoms. The second kappa shape index (κ2) is 5.41. The van der Waals surface area contributed by atoms with Crippen molar-refractivity contribution in [1.82, 2.24) is 0 Å². The zero-order valence-corrected chi connectivity index (χ0v) is 9.71. The second-order valence-electron chi connectivity index (χ2n) is 4.44. The molecule has 1 aromatic carbocycles. The highest BCUT2D eigenvalue weighted by molar-refractivity contribution is 5.35. The van der Waals surface area contributed by atoms with Gasteiger partial charge in [-0.1, -0.05) is 6.07 Å². The van der Waals surface area contributed by atoms with E-state index in [0.717, 1.165) is 12.1 Å². The summed E-state index contributed by atoms with van der Waals surface area (Å²) in [6, 6.07) is 3.82. The second-order valence-corrected chi connectivity index (χ2v) is 4.44. The van der Waals surface area contributed by atoms with E-state index >= 15 is 0 Å². The number of benzene rings is 1. The summed E-state index contributed by atoms with van der Waals surface area (Å²) in [4.78, 5) is 9.73. The minimum atomic E-state index is -0.844. The summed E-state index contributed by atoms with van der Waals surface area (Å²) in [5.41, 5.74) is 0.104. The van der Waals surface area contributed by atoms with E-state index in [1.54, 1.807) is 0 Å². The predicted molar refractivity (Wildman–Crippen MR) is 61.7 cm³/mol. The van der Waals surface area contributed by atoms with Crippen LogP contribution in [0, 0.1) is 21.8 Å². The van der Waals surface area contributed by atoms with Gasteiger partial charge in [0.2, 0.25) is 5.82 Å². The van der Waals surface area contributed by atoms with Gasteiger partial charge in [0, 0.05) is 18.6 Å². The van der Waals surface area contributed by atoms with E-state index in [2.05, 4.69) is 0 Å². The Morgan fingerprint density at radius 1 is 1.56 bits per heavy atom. The van der Waals surface area contributed by atoms with Crippen LogP contribution in [0.4, 0.5) is 10.1 Å². The quantitative estimate of drug-likeness (QED) is 0.658. The van der Waals surface area contributed by atoms with Gasteiger partial charge in [0.1, 0.15) is 0 Å². The molecule has 2 rings (SSSR count). The van der Waals surface area contributed by atoms with Crippen molar-refractivity contribution in [2.45, 2.75) is 18.9 Å². The first-order valence-corrected chi connectivity index (χ1v) is 5.76. The van der Waals surface area contributed by atoms with Gasteiger partial charge in [0.25, 0.3) is 0 Å². The molecule has 0 saturated carbocycles. The first kappa shape index (κ1) is 12.9. The molecule has 2 unspecified atom stereocenters. The Labute approximate surface area is 103 Å². The van der Waals surface area contributed by atoms with E-state index in [4.69, 9.17) is 4.74 Å². The number of nitro benzene ring substituents is 1. The summed E-state index contributed by atoms with van der Waals surface area (Å²) in [6.07, 6.45) is 0.563. The highest BCUT2D eigenvalue weighted by Gasteiger charge is 2.24. The van der Waals surface area contributed by atoms with Crippen LogP contribution in [0.1, 0.15) is 12.0 Å². The van der Waals surface area contributed by atoms with Crippen LogP contribution in [0.5, 0.6) is 0 Å². The fraction of sp³-hybridized carbons (Fsp3) is 0.500. The Bertz CT molecular complexity index is 452. The van der Waals surface area contributed by atoms with Gasteiger partial charge in [-0.25, -0.2) is 0 Å². The highest BCUT2D eigenvalue weighted by Crippen LogP contribution is 2.23. The van der Waals surface area contributed by atoms with Gasteiger partial charge < -0.3 is 9.84 Å². The number of halogens is 1. The number of aliphatic hydroxyl groups is 1. The molecule has 5 nitrogen and oxygen atoms in total. The van der Waals surface area contributed by atoms with Crippen LogP contribution >= 0.6 is 0 Å². The van der Waals surface area contributed by atoms with Crippen LogP contribution < -0.4 is 0 Å². The van der Waals surface area contributed by atoms with Crippen LogP contribution in [0.3, 0.4) is 0 Å². The lowest BCUT2D eigenvalue weighted by atomic mass is 9.91. The Kier molecular flexibility index (Phi) is 3.88. The van der Waals surface area contributed by atoms with Crippen LogP contribution in [0.15, 0.2) is 18.2 Å². The van der Waals surface area contributed by atoms with Gasteiger partial charge >= 0.3 is 5.69 Å². The van der Waals surface area contributed by atoms with Crippen LogP contribution in [0.25, 0.3) is 0 Å². The predicted octanol–water partition coefficient (Wildman–Crippen LogP) is 1.67. The van der Waals surface area contributed by atoms with Gasteiger partial charge in [0.05, 0.1) is 17.6 Å². The molecular formula is C12H14FNO4. The molecule has 2 atom stereocenters. The number of ether oxygens (including phenoxy) is 1. The highest BCUT2D eigenvalue weighted by atomic mass is 19.1. The smallest absolute Gasteiger partial charge is 0.304 e. The van der Waals surface area contributed by atoms with E-state index < -0.39 is 22.5 Å². The summed E-state index contributed by atoms with van der Waals surface area (Å²) < 4.78 is 18.7. The molecule has 1 aliphatic heterocycles. The van der Waals surface area contributed by atoms with Crippen molar-refractivity contribution in [3.63, 3.8) is 0 Å². The van der Waals surface area contributed by atoms with Crippen LogP contribution in [-0.2, 0) is 11.2 Å². The number of rotatable bonds is 3. The monoisotopic (exact) mass is 255 g/mol. The standard InChI is InChI=1S/C12H14FNO4/c13-10-6-8(1-2-11(10)14(16)17)5-9-7-18-4-3-12(9)15/h1-2,6,9,12,15H,3-5,7H2. The molecule has 0 spiro atoms. The van der Waals surface area contributed by atoms with Crippen molar-refractivity contribution in [3.05, 3.63) is 39.7 Å². The maximum absolute atomic E-state index is 13.4. The lowest BCUT2D eigenvalue weighted by Crippen LogP contribution is -2.33. The van der Waals surface area contributed by atoms with E-state index in [0.29, 0.717) is 31.6 Å². The van der Waals surface area contributed by atoms with E-state index in [-0.39, 0.29) is 5.92 Å². The largest absolute Gasteiger partial charge is 0.393 e. The first-order valence-electron chi connectivity index (χ1n) is 5.76. The summed E-state index contributed by atoms with van der Waals surface area (Å²) in [6.45, 7) is 0.964. The average molecular weight is 255 g/mol. The van der Waals surface area contributed by atoms with Gasteiger partial charge in [-0.3, -0.25) is 10.1 Å². The zero-order chi connectivity index (χ0) is 13.1. The van der Waals surface area contributed by atoms with Crippen molar-refractivity contribution in [1.29, 1.82) is 0 Å². The summed E-state index contributed by atoms with van der Waals surface area (Å²) >= 11 is 0. The number of nitro groups is 1. The van der Waals surface area contributed by atoms with Crippen molar-refractivity contribution in [3.8, 4) is 0 Å². The minimum absolute atomic E-state index is 0.0837. The van der Waals surface area contributed by atoms with Crippen LogP contribution in [-0.4, -0.2) is 29.3 Å². The molecule has 1 aromatic rings. The van der Waals surface area contributed by atoms with E-state index in [9.17, 15) is 19.6 Å². The zero-order valence-electron chi connectivity index (χ0n) is 9.71. The lowest BCUT2D eigenvalue weighted by Gasteiger charge is -2.27. The molecule has 0 aliphatic carbocycles. The third kappa shape index (κ3) is 2.83. The molecule has 1 aliphatic rings. The molecular weight excluding hydrogens is 241 g/mol. The van der Waals surface area contributed by atoms with Gasteiger partial charge in [-0.2, -0.15) is 4.39 Å². The van der Waals surface area contributed by atoms with Crippen molar-refractivity contribution in [2.24, 2.45) is 5.92 Å². The molecule has 98 valence electrons. The third-order valence-electron chi connectivity index (χ3n) is 3.14.